The van der Waals surface area contributed by atoms with Crippen molar-refractivity contribution in [1.29, 1.82) is 0 Å². The molecule has 0 heterocycles. The molecule has 0 bridgehead atoms. The molecule has 0 atom stereocenters. The van der Waals surface area contributed by atoms with E-state index < -0.39 is 0 Å². The number of carbonyl (C=O) groups is 1. The predicted octanol–water partition coefficient (Wildman–Crippen LogP) is 1.71. The summed E-state index contributed by atoms with van der Waals surface area (Å²) in [6, 6.07) is 9.68. The van der Waals surface area contributed by atoms with Gasteiger partial charge in [0.05, 0.1) is 0 Å². The number of amides is 1. The van der Waals surface area contributed by atoms with Gasteiger partial charge in [-0.1, -0.05) is 30.0 Å². The van der Waals surface area contributed by atoms with Gasteiger partial charge in [-0.3, -0.25) is 10.0 Å². The molecule has 0 aliphatic carbocycles. The van der Waals surface area contributed by atoms with Gasteiger partial charge < -0.3 is 0 Å². The number of rotatable bonds is 3. The van der Waals surface area contributed by atoms with E-state index in [1.165, 1.54) is 0 Å². The predicted molar refractivity (Wildman–Crippen MR) is 57.1 cm³/mol. The van der Waals surface area contributed by atoms with Gasteiger partial charge in [0.25, 0.3) is 0 Å². The van der Waals surface area contributed by atoms with Crippen LogP contribution < -0.4 is 5.48 Å². The number of hydroxylamine groups is 1. The lowest BCUT2D eigenvalue weighted by Crippen LogP contribution is -2.17. The molecule has 0 saturated carbocycles. The van der Waals surface area contributed by atoms with E-state index in [1.54, 1.807) is 5.48 Å². The molecule has 78 valence electrons. The molecule has 0 spiro atoms. The van der Waals surface area contributed by atoms with Gasteiger partial charge in [0.15, 0.2) is 0 Å². The van der Waals surface area contributed by atoms with Gasteiger partial charge >= 0.3 is 0 Å². The van der Waals surface area contributed by atoms with E-state index in [2.05, 4.69) is 11.8 Å². The maximum atomic E-state index is 10.6. The fraction of sp³-hybridized carbons (Fsp3) is 0.250. The Morgan fingerprint density at radius 3 is 2.73 bits per heavy atom. The van der Waals surface area contributed by atoms with Crippen molar-refractivity contribution < 1.29 is 10.0 Å². The Balaban J connectivity index is 2.26. The second-order valence-corrected chi connectivity index (χ2v) is 3.06. The molecule has 1 rings (SSSR count). The van der Waals surface area contributed by atoms with Gasteiger partial charge in [-0.15, -0.1) is 0 Å². The molecule has 3 nitrogen and oxygen atoms in total. The summed E-state index contributed by atoms with van der Waals surface area (Å²) in [5.74, 6) is 5.60. The van der Waals surface area contributed by atoms with E-state index in [-0.39, 0.29) is 5.91 Å². The monoisotopic (exact) mass is 203 g/mol. The summed E-state index contributed by atoms with van der Waals surface area (Å²) >= 11 is 0. The summed E-state index contributed by atoms with van der Waals surface area (Å²) in [6.45, 7) is 0. The highest BCUT2D eigenvalue weighted by molar-refractivity contribution is 5.74. The van der Waals surface area contributed by atoms with E-state index in [0.717, 1.165) is 5.56 Å². The van der Waals surface area contributed by atoms with Crippen molar-refractivity contribution >= 4 is 5.91 Å². The molecule has 0 aliphatic heterocycles. The number of benzene rings is 1. The summed E-state index contributed by atoms with van der Waals surface area (Å²) in [7, 11) is 0. The summed E-state index contributed by atoms with van der Waals surface area (Å²) < 4.78 is 0. The van der Waals surface area contributed by atoms with E-state index in [0.29, 0.717) is 19.3 Å². The van der Waals surface area contributed by atoms with E-state index in [4.69, 9.17) is 5.21 Å². The highest BCUT2D eigenvalue weighted by Gasteiger charge is 1.95. The van der Waals surface area contributed by atoms with E-state index in [1.807, 2.05) is 30.3 Å². The molecule has 1 aromatic carbocycles. The fourth-order valence-electron chi connectivity index (χ4n) is 1.08. The van der Waals surface area contributed by atoms with Gasteiger partial charge in [-0.05, 0) is 18.6 Å². The standard InChI is InChI=1S/C12H13NO2/c14-12(13-15)10-6-2-5-9-11-7-3-1-4-8-11/h1,3-4,7-8,15H,2,6,10H2,(H,13,14). The lowest BCUT2D eigenvalue weighted by Gasteiger charge is -1.93. The van der Waals surface area contributed by atoms with Crippen LogP contribution in [0.25, 0.3) is 0 Å². The van der Waals surface area contributed by atoms with E-state index in [9.17, 15) is 4.79 Å². The Kier molecular flexibility index (Phi) is 4.99. The largest absolute Gasteiger partial charge is 0.289 e. The first-order valence-corrected chi connectivity index (χ1v) is 4.80. The molecule has 1 aromatic rings. The lowest BCUT2D eigenvalue weighted by molar-refractivity contribution is -0.129. The Morgan fingerprint density at radius 1 is 1.33 bits per heavy atom. The zero-order valence-electron chi connectivity index (χ0n) is 8.36. The Bertz CT molecular complexity index is 362. The smallest absolute Gasteiger partial charge is 0.243 e. The molecule has 15 heavy (non-hydrogen) atoms. The molecule has 0 fully saturated rings. The van der Waals surface area contributed by atoms with Crippen LogP contribution in [0.1, 0.15) is 24.8 Å². The average Bonchev–Trinajstić information content (AvgIpc) is 2.29. The molecule has 0 aromatic heterocycles. The van der Waals surface area contributed by atoms with Crippen LogP contribution in [0.15, 0.2) is 30.3 Å². The van der Waals surface area contributed by atoms with Crippen LogP contribution >= 0.6 is 0 Å². The van der Waals surface area contributed by atoms with Crippen molar-refractivity contribution in [2.45, 2.75) is 19.3 Å². The van der Waals surface area contributed by atoms with Gasteiger partial charge in [0, 0.05) is 18.4 Å². The van der Waals surface area contributed by atoms with E-state index >= 15 is 0 Å². The van der Waals surface area contributed by atoms with Gasteiger partial charge in [-0.25, -0.2) is 5.48 Å². The molecule has 2 N–H and O–H groups in total. The average molecular weight is 203 g/mol. The van der Waals surface area contributed by atoms with Crippen LogP contribution in [0, 0.1) is 11.8 Å². The van der Waals surface area contributed by atoms with Crippen LogP contribution in [0.5, 0.6) is 0 Å². The maximum absolute atomic E-state index is 10.6. The summed E-state index contributed by atoms with van der Waals surface area (Å²) in [6.07, 6.45) is 1.62. The second-order valence-electron chi connectivity index (χ2n) is 3.06. The molecule has 0 saturated heterocycles. The van der Waals surface area contributed by atoms with Crippen molar-refractivity contribution in [2.75, 3.05) is 0 Å². The minimum absolute atomic E-state index is 0.306. The third kappa shape index (κ3) is 4.84. The molecular formula is C12H13NO2. The third-order valence-corrected chi connectivity index (χ3v) is 1.84. The first-order valence-electron chi connectivity index (χ1n) is 4.80. The number of hydrogen-bond acceptors (Lipinski definition) is 2. The summed E-state index contributed by atoms with van der Waals surface area (Å²) in [5, 5.41) is 8.23. The molecule has 0 radical (unpaired) electrons. The Labute approximate surface area is 89.1 Å². The van der Waals surface area contributed by atoms with Crippen LogP contribution in [-0.2, 0) is 4.79 Å². The molecule has 0 unspecified atom stereocenters. The molecule has 0 aliphatic rings. The first kappa shape index (κ1) is 11.3. The lowest BCUT2D eigenvalue weighted by atomic mass is 10.2. The minimum atomic E-state index is -0.364. The molecule has 3 heteroatoms. The first-order chi connectivity index (χ1) is 7.33. The number of hydrogen-bond donors (Lipinski definition) is 2. The van der Waals surface area contributed by atoms with Crippen molar-refractivity contribution in [3.63, 3.8) is 0 Å². The van der Waals surface area contributed by atoms with Gasteiger partial charge in [0.1, 0.15) is 0 Å². The zero-order valence-corrected chi connectivity index (χ0v) is 8.36. The van der Waals surface area contributed by atoms with Crippen molar-refractivity contribution in [2.24, 2.45) is 0 Å². The maximum Gasteiger partial charge on any atom is 0.243 e. The Hall–Kier alpha value is -1.79. The number of unbranched alkanes of at least 4 members (excludes halogenated alkanes) is 1. The highest BCUT2D eigenvalue weighted by Crippen LogP contribution is 1.97. The third-order valence-electron chi connectivity index (χ3n) is 1.84. The van der Waals surface area contributed by atoms with Crippen LogP contribution in [-0.4, -0.2) is 11.1 Å². The fourth-order valence-corrected chi connectivity index (χ4v) is 1.08. The summed E-state index contributed by atoms with van der Waals surface area (Å²) in [4.78, 5) is 10.6. The second kappa shape index (κ2) is 6.63. The zero-order chi connectivity index (χ0) is 10.9. The minimum Gasteiger partial charge on any atom is -0.289 e. The van der Waals surface area contributed by atoms with Gasteiger partial charge in [-0.2, -0.15) is 0 Å². The van der Waals surface area contributed by atoms with Crippen molar-refractivity contribution in [3.05, 3.63) is 35.9 Å². The van der Waals surface area contributed by atoms with Gasteiger partial charge in [0.2, 0.25) is 5.91 Å². The number of nitrogens with one attached hydrogen (secondary N) is 1. The number of carbonyl (C=O) groups excluding carboxylic acids is 1. The normalized spacial score (nSPS) is 8.87. The summed E-state index contributed by atoms with van der Waals surface area (Å²) in [5.41, 5.74) is 2.56. The topological polar surface area (TPSA) is 49.3 Å². The van der Waals surface area contributed by atoms with Crippen molar-refractivity contribution in [1.82, 2.24) is 5.48 Å². The Morgan fingerprint density at radius 2 is 2.07 bits per heavy atom. The van der Waals surface area contributed by atoms with Crippen LogP contribution in [0.3, 0.4) is 0 Å². The van der Waals surface area contributed by atoms with Crippen LogP contribution in [0.2, 0.25) is 0 Å². The quantitative estimate of drug-likeness (QED) is 0.340. The van der Waals surface area contributed by atoms with Crippen LogP contribution in [0.4, 0.5) is 0 Å². The SMILES string of the molecule is O=C(CCCC#Cc1ccccc1)NO. The molecular weight excluding hydrogens is 190 g/mol. The van der Waals surface area contributed by atoms with Crippen molar-refractivity contribution in [3.8, 4) is 11.8 Å². The highest BCUT2D eigenvalue weighted by atomic mass is 16.5. The molecule has 1 amide bonds.